The molecule has 7 nitrogen and oxygen atoms in total. The van der Waals surface area contributed by atoms with Crippen LogP contribution in [0.15, 0.2) is 11.5 Å². The molecule has 0 aliphatic heterocycles. The zero-order valence-corrected chi connectivity index (χ0v) is 13.4. The maximum absolute atomic E-state index is 11.7. The number of esters is 1. The summed E-state index contributed by atoms with van der Waals surface area (Å²) in [6.45, 7) is 6.20. The lowest BCUT2D eigenvalue weighted by Crippen LogP contribution is -2.24. The van der Waals surface area contributed by atoms with Gasteiger partial charge >= 0.3 is 5.97 Å². The Labute approximate surface area is 127 Å². The lowest BCUT2D eigenvalue weighted by molar-refractivity contribution is -0.153. The van der Waals surface area contributed by atoms with E-state index in [1.165, 1.54) is 11.8 Å². The Morgan fingerprint density at radius 3 is 2.76 bits per heavy atom. The maximum Gasteiger partial charge on any atom is 0.311 e. The summed E-state index contributed by atoms with van der Waals surface area (Å²) in [4.78, 5) is 24.5. The first-order valence-corrected chi connectivity index (χ1v) is 7.75. The van der Waals surface area contributed by atoms with E-state index in [-0.39, 0.29) is 12.6 Å². The molecule has 0 aromatic carbocycles. The number of nitrogens with two attached hydrogens (primary N) is 1. The number of carbonyl (C=O) groups is 1. The molecule has 0 aliphatic rings. The van der Waals surface area contributed by atoms with Crippen LogP contribution in [0.5, 0.6) is 0 Å². The van der Waals surface area contributed by atoms with Crippen molar-refractivity contribution in [2.24, 2.45) is 5.41 Å². The van der Waals surface area contributed by atoms with Gasteiger partial charge in [-0.25, -0.2) is 15.0 Å². The Bertz CT molecular complexity index is 662. The molecule has 21 heavy (non-hydrogen) atoms. The average molecular weight is 309 g/mol. The highest BCUT2D eigenvalue weighted by atomic mass is 32.2. The molecule has 114 valence electrons. The minimum atomic E-state index is -0.504. The van der Waals surface area contributed by atoms with Crippen LogP contribution in [0.25, 0.3) is 11.2 Å². The zero-order chi connectivity index (χ0) is 15.6. The van der Waals surface area contributed by atoms with Gasteiger partial charge in [-0.1, -0.05) is 11.8 Å². The Morgan fingerprint density at radius 2 is 2.14 bits per heavy atom. The van der Waals surface area contributed by atoms with Gasteiger partial charge in [0.15, 0.2) is 16.6 Å². The Hall–Kier alpha value is -1.83. The zero-order valence-electron chi connectivity index (χ0n) is 12.6. The van der Waals surface area contributed by atoms with Crippen LogP contribution < -0.4 is 5.73 Å². The summed E-state index contributed by atoms with van der Waals surface area (Å²) in [7, 11) is 0. The number of carbonyl (C=O) groups excluding carboxylic acids is 1. The van der Waals surface area contributed by atoms with Crippen LogP contribution >= 0.6 is 11.8 Å². The first kappa shape index (κ1) is 15.6. The molecule has 0 aliphatic carbocycles. The highest BCUT2D eigenvalue weighted by Gasteiger charge is 2.22. The number of hydrogen-bond acceptors (Lipinski definition) is 7. The molecule has 0 saturated carbocycles. The molecule has 0 bridgehead atoms. The number of hydrogen-bond donors (Lipinski definition) is 1. The van der Waals surface area contributed by atoms with Crippen molar-refractivity contribution in [3.05, 3.63) is 6.33 Å². The average Bonchev–Trinajstić information content (AvgIpc) is 2.81. The van der Waals surface area contributed by atoms with Gasteiger partial charge in [-0.2, -0.15) is 0 Å². The number of nitrogens with zero attached hydrogens (tertiary/aromatic N) is 4. The molecule has 2 rings (SSSR count). The molecule has 0 fully saturated rings. The van der Waals surface area contributed by atoms with Crippen molar-refractivity contribution in [1.82, 2.24) is 19.5 Å². The van der Waals surface area contributed by atoms with Crippen LogP contribution in [0.3, 0.4) is 0 Å². The molecule has 0 amide bonds. The molecular weight excluding hydrogens is 290 g/mol. The minimum Gasteiger partial charge on any atom is -0.463 e. The van der Waals surface area contributed by atoms with Crippen molar-refractivity contribution in [3.63, 3.8) is 0 Å². The standard InChI is InChI=1S/C13H19N5O2S/c1-13(2,3)11(19)20-6-5-18-7-15-8-9(14)16-12(21-4)17-10(8)18/h7H,5-6H2,1-4H3,(H2,14,16,17). The Kier molecular flexibility index (Phi) is 4.36. The number of ether oxygens (including phenoxy) is 1. The summed E-state index contributed by atoms with van der Waals surface area (Å²) in [5, 5.41) is 0.591. The summed E-state index contributed by atoms with van der Waals surface area (Å²) in [6, 6.07) is 0. The highest BCUT2D eigenvalue weighted by Crippen LogP contribution is 2.20. The van der Waals surface area contributed by atoms with Crippen molar-refractivity contribution in [2.45, 2.75) is 32.5 Å². The number of thioether (sulfide) groups is 1. The van der Waals surface area contributed by atoms with E-state index in [1.807, 2.05) is 31.6 Å². The third-order valence-corrected chi connectivity index (χ3v) is 3.38. The molecule has 0 saturated heterocycles. The van der Waals surface area contributed by atoms with Crippen LogP contribution in [-0.2, 0) is 16.1 Å². The van der Waals surface area contributed by atoms with E-state index in [0.717, 1.165) is 0 Å². The smallest absolute Gasteiger partial charge is 0.311 e. The van der Waals surface area contributed by atoms with Crippen LogP contribution in [-0.4, -0.2) is 38.4 Å². The Balaban J connectivity index is 2.13. The third-order valence-electron chi connectivity index (χ3n) is 2.83. The van der Waals surface area contributed by atoms with Crippen molar-refractivity contribution >= 4 is 34.7 Å². The molecular formula is C13H19N5O2S. The number of rotatable bonds is 4. The first-order chi connectivity index (χ1) is 9.82. The van der Waals surface area contributed by atoms with E-state index in [4.69, 9.17) is 10.5 Å². The van der Waals surface area contributed by atoms with Gasteiger partial charge in [0.2, 0.25) is 0 Å². The number of nitrogen functional groups attached to an aromatic ring is 1. The molecule has 0 spiro atoms. The van der Waals surface area contributed by atoms with Crippen molar-refractivity contribution < 1.29 is 9.53 Å². The predicted molar refractivity (Wildman–Crippen MR) is 81.9 cm³/mol. The third kappa shape index (κ3) is 3.44. The van der Waals surface area contributed by atoms with Crippen molar-refractivity contribution in [1.29, 1.82) is 0 Å². The van der Waals surface area contributed by atoms with Gasteiger partial charge in [0, 0.05) is 0 Å². The van der Waals surface area contributed by atoms with Crippen LogP contribution in [0.1, 0.15) is 20.8 Å². The highest BCUT2D eigenvalue weighted by molar-refractivity contribution is 7.98. The van der Waals surface area contributed by atoms with Gasteiger partial charge in [-0.15, -0.1) is 0 Å². The largest absolute Gasteiger partial charge is 0.463 e. The molecule has 2 N–H and O–H groups in total. The van der Waals surface area contributed by atoms with Crippen molar-refractivity contribution in [2.75, 3.05) is 18.6 Å². The summed E-state index contributed by atoms with van der Waals surface area (Å²) in [5.74, 6) is 0.126. The van der Waals surface area contributed by atoms with Gasteiger partial charge in [0.05, 0.1) is 18.3 Å². The van der Waals surface area contributed by atoms with Gasteiger partial charge in [0.25, 0.3) is 0 Å². The fourth-order valence-corrected chi connectivity index (χ4v) is 2.02. The molecule has 2 aromatic rings. The van der Waals surface area contributed by atoms with Gasteiger partial charge in [0.1, 0.15) is 12.1 Å². The summed E-state index contributed by atoms with van der Waals surface area (Å²) in [5.41, 5.74) is 6.57. The molecule has 8 heteroatoms. The van der Waals surface area contributed by atoms with E-state index < -0.39 is 5.41 Å². The Morgan fingerprint density at radius 1 is 1.43 bits per heavy atom. The number of fused-ring (bicyclic) bond motifs is 1. The van der Waals surface area contributed by atoms with Crippen LogP contribution in [0, 0.1) is 5.41 Å². The second kappa shape index (κ2) is 5.88. The van der Waals surface area contributed by atoms with Gasteiger partial charge < -0.3 is 15.0 Å². The first-order valence-electron chi connectivity index (χ1n) is 6.52. The van der Waals surface area contributed by atoms with E-state index in [9.17, 15) is 4.79 Å². The second-order valence-electron chi connectivity index (χ2n) is 5.59. The number of anilines is 1. The molecule has 0 unspecified atom stereocenters. The van der Waals surface area contributed by atoms with E-state index in [2.05, 4.69) is 15.0 Å². The predicted octanol–water partition coefficient (Wildman–Crippen LogP) is 1.72. The molecule has 0 atom stereocenters. The van der Waals surface area contributed by atoms with E-state index in [0.29, 0.717) is 28.7 Å². The van der Waals surface area contributed by atoms with Crippen molar-refractivity contribution in [3.8, 4) is 0 Å². The van der Waals surface area contributed by atoms with Gasteiger partial charge in [-0.05, 0) is 27.0 Å². The molecule has 2 aromatic heterocycles. The molecule has 0 radical (unpaired) electrons. The minimum absolute atomic E-state index is 0.231. The lowest BCUT2D eigenvalue weighted by atomic mass is 9.97. The van der Waals surface area contributed by atoms with E-state index in [1.54, 1.807) is 6.33 Å². The summed E-state index contributed by atoms with van der Waals surface area (Å²) in [6.07, 6.45) is 3.51. The molecule has 2 heterocycles. The van der Waals surface area contributed by atoms with E-state index >= 15 is 0 Å². The topological polar surface area (TPSA) is 95.9 Å². The monoisotopic (exact) mass is 309 g/mol. The van der Waals surface area contributed by atoms with Crippen LogP contribution in [0.4, 0.5) is 5.82 Å². The lowest BCUT2D eigenvalue weighted by Gasteiger charge is -2.16. The fraction of sp³-hybridized carbons (Fsp3) is 0.538. The quantitative estimate of drug-likeness (QED) is 0.522. The summed E-state index contributed by atoms with van der Waals surface area (Å²) >= 11 is 1.41. The SMILES string of the molecule is CSc1nc(N)c2ncn(CCOC(=O)C(C)(C)C)c2n1. The second-order valence-corrected chi connectivity index (χ2v) is 6.37. The summed E-state index contributed by atoms with van der Waals surface area (Å²) < 4.78 is 7.06. The fourth-order valence-electron chi connectivity index (χ4n) is 1.65. The van der Waals surface area contributed by atoms with Crippen LogP contribution in [0.2, 0.25) is 0 Å². The maximum atomic E-state index is 11.7. The van der Waals surface area contributed by atoms with Gasteiger partial charge in [-0.3, -0.25) is 4.79 Å². The normalized spacial score (nSPS) is 11.8. The number of aromatic nitrogens is 4. The number of imidazole rings is 1.